The lowest BCUT2D eigenvalue weighted by molar-refractivity contribution is -0.118. The van der Waals surface area contributed by atoms with Gasteiger partial charge in [-0.05, 0) is 47.7 Å². The summed E-state index contributed by atoms with van der Waals surface area (Å²) in [6.07, 6.45) is 2.16. The molecule has 156 valence electrons. The Morgan fingerprint density at radius 2 is 1.70 bits per heavy atom. The van der Waals surface area contributed by atoms with Crippen LogP contribution in [0.2, 0.25) is 0 Å². The van der Waals surface area contributed by atoms with Gasteiger partial charge in [-0.25, -0.2) is 0 Å². The molecule has 2 aromatic rings. The van der Waals surface area contributed by atoms with Gasteiger partial charge in [-0.15, -0.1) is 0 Å². The molecule has 1 aliphatic rings. The molecular formula is C24H25NO5. The molecule has 0 fully saturated rings. The van der Waals surface area contributed by atoms with Crippen molar-refractivity contribution >= 4 is 23.2 Å². The van der Waals surface area contributed by atoms with E-state index in [1.54, 1.807) is 6.07 Å². The van der Waals surface area contributed by atoms with Crippen molar-refractivity contribution < 1.29 is 23.9 Å². The number of ketones is 2. The van der Waals surface area contributed by atoms with Gasteiger partial charge in [0.1, 0.15) is 11.3 Å². The zero-order valence-corrected chi connectivity index (χ0v) is 17.6. The first-order valence-electron chi connectivity index (χ1n) is 9.76. The molecule has 1 N–H and O–H groups in total. The Bertz CT molecular complexity index is 1020. The maximum atomic E-state index is 12.4. The summed E-state index contributed by atoms with van der Waals surface area (Å²) in [5, 5.41) is 2.69. The van der Waals surface area contributed by atoms with Crippen molar-refractivity contribution in [3.8, 4) is 5.75 Å². The van der Waals surface area contributed by atoms with Gasteiger partial charge < -0.3 is 14.8 Å². The number of benzene rings is 2. The Labute approximate surface area is 175 Å². The van der Waals surface area contributed by atoms with Crippen LogP contribution in [-0.4, -0.2) is 31.2 Å². The molecule has 0 aromatic heterocycles. The second kappa shape index (κ2) is 8.53. The summed E-state index contributed by atoms with van der Waals surface area (Å²) in [5.41, 5.74) is 2.24. The molecule has 3 rings (SSSR count). The number of allylic oxidation sites excluding steroid dienone is 1. The van der Waals surface area contributed by atoms with Gasteiger partial charge in [-0.3, -0.25) is 14.4 Å². The van der Waals surface area contributed by atoms with E-state index in [1.807, 2.05) is 24.3 Å². The van der Waals surface area contributed by atoms with Crippen LogP contribution in [-0.2, 0) is 14.9 Å². The van der Waals surface area contributed by atoms with Crippen LogP contribution in [0.1, 0.15) is 53.5 Å². The second-order valence-corrected chi connectivity index (χ2v) is 7.78. The average molecular weight is 407 g/mol. The first-order chi connectivity index (χ1) is 14.3. The number of ether oxygens (including phenoxy) is 2. The van der Waals surface area contributed by atoms with Crippen molar-refractivity contribution in [3.63, 3.8) is 0 Å². The summed E-state index contributed by atoms with van der Waals surface area (Å²) >= 11 is 0. The molecule has 1 aliphatic carbocycles. The number of carbonyl (C=O) groups is 3. The highest BCUT2D eigenvalue weighted by Gasteiger charge is 2.33. The van der Waals surface area contributed by atoms with Gasteiger partial charge in [0, 0.05) is 16.8 Å². The van der Waals surface area contributed by atoms with Crippen molar-refractivity contribution in [2.24, 2.45) is 0 Å². The molecule has 0 aliphatic heterocycles. The van der Waals surface area contributed by atoms with Crippen LogP contribution >= 0.6 is 0 Å². The number of hydrogen-bond acceptors (Lipinski definition) is 5. The number of amides is 1. The Morgan fingerprint density at radius 1 is 1.03 bits per heavy atom. The number of anilines is 1. The van der Waals surface area contributed by atoms with E-state index in [-0.39, 0.29) is 34.8 Å². The van der Waals surface area contributed by atoms with Gasteiger partial charge in [-0.2, -0.15) is 0 Å². The first-order valence-corrected chi connectivity index (χ1v) is 9.76. The number of Topliss-reactive ketones (excluding diaryl/α,β-unsaturated/α-hetero) is 2. The Kier molecular flexibility index (Phi) is 6.06. The molecule has 30 heavy (non-hydrogen) atoms. The topological polar surface area (TPSA) is 81.7 Å². The van der Waals surface area contributed by atoms with Crippen LogP contribution in [0.3, 0.4) is 0 Å². The monoisotopic (exact) mass is 407 g/mol. The summed E-state index contributed by atoms with van der Waals surface area (Å²) in [4.78, 5) is 36.8. The largest absolute Gasteiger partial charge is 0.503 e. The smallest absolute Gasteiger partial charge is 0.262 e. The molecule has 0 heterocycles. The number of methoxy groups -OCH3 is 1. The highest BCUT2D eigenvalue weighted by atomic mass is 16.5. The van der Waals surface area contributed by atoms with Crippen molar-refractivity contribution in [3.05, 3.63) is 71.0 Å². The highest BCUT2D eigenvalue weighted by molar-refractivity contribution is 6.39. The molecule has 0 unspecified atom stereocenters. The van der Waals surface area contributed by atoms with Gasteiger partial charge in [0.2, 0.25) is 11.6 Å². The zero-order chi connectivity index (χ0) is 21.9. The quantitative estimate of drug-likeness (QED) is 0.420. The van der Waals surface area contributed by atoms with Crippen LogP contribution in [0.5, 0.6) is 5.75 Å². The SMILES string of the molecule is CCC(C)(C)c1ccc(OCC(=O)Nc2ccc3c(c2)C(=O)/C(=C\OC)C3=O)cc1. The molecule has 1 amide bonds. The van der Waals surface area contributed by atoms with Gasteiger partial charge in [-0.1, -0.05) is 32.9 Å². The minimum atomic E-state index is -0.417. The van der Waals surface area contributed by atoms with E-state index in [0.717, 1.165) is 12.7 Å². The number of fused-ring (bicyclic) bond motifs is 1. The lowest BCUT2D eigenvalue weighted by Crippen LogP contribution is -2.20. The summed E-state index contributed by atoms with van der Waals surface area (Å²) in [7, 11) is 1.38. The van der Waals surface area contributed by atoms with Crippen molar-refractivity contribution in [2.45, 2.75) is 32.6 Å². The van der Waals surface area contributed by atoms with Gasteiger partial charge in [0.25, 0.3) is 5.91 Å². The summed E-state index contributed by atoms with van der Waals surface area (Å²) in [5.74, 6) is -0.561. The minimum absolute atomic E-state index is 0.0194. The fraction of sp³-hybridized carbons (Fsp3) is 0.292. The molecule has 0 radical (unpaired) electrons. The fourth-order valence-corrected chi connectivity index (χ4v) is 3.18. The Balaban J connectivity index is 1.62. The van der Waals surface area contributed by atoms with Crippen LogP contribution in [0.25, 0.3) is 0 Å². The van der Waals surface area contributed by atoms with Gasteiger partial charge in [0.15, 0.2) is 6.61 Å². The standard InChI is InChI=1S/C24H25NO5/c1-5-24(2,3)15-6-9-17(10-7-15)30-14-21(26)25-16-8-11-18-19(12-16)23(28)20(13-29-4)22(18)27/h6-13H,5,14H2,1-4H3,(H,25,26)/b20-13-. The van der Waals surface area contributed by atoms with Gasteiger partial charge >= 0.3 is 0 Å². The first kappa shape index (κ1) is 21.3. The van der Waals surface area contributed by atoms with E-state index in [9.17, 15) is 14.4 Å². The summed E-state index contributed by atoms with van der Waals surface area (Å²) in [6, 6.07) is 12.3. The number of carbonyl (C=O) groups excluding carboxylic acids is 3. The van der Waals surface area contributed by atoms with Crippen LogP contribution < -0.4 is 10.1 Å². The molecule has 2 aromatic carbocycles. The molecule has 0 saturated heterocycles. The number of hydrogen-bond donors (Lipinski definition) is 1. The molecule has 0 saturated carbocycles. The predicted octanol–water partition coefficient (Wildman–Crippen LogP) is 4.30. The highest BCUT2D eigenvalue weighted by Crippen LogP contribution is 2.29. The molecule has 0 atom stereocenters. The van der Waals surface area contributed by atoms with E-state index in [4.69, 9.17) is 9.47 Å². The third-order valence-electron chi connectivity index (χ3n) is 5.41. The molecule has 0 spiro atoms. The molecule has 6 heteroatoms. The summed E-state index contributed by atoms with van der Waals surface area (Å²) in [6.45, 7) is 6.33. The third kappa shape index (κ3) is 4.27. The Hall–Kier alpha value is -3.41. The van der Waals surface area contributed by atoms with Gasteiger partial charge in [0.05, 0.1) is 13.4 Å². The van der Waals surface area contributed by atoms with E-state index in [0.29, 0.717) is 17.0 Å². The Morgan fingerprint density at radius 3 is 2.33 bits per heavy atom. The van der Waals surface area contributed by atoms with Crippen molar-refractivity contribution in [2.75, 3.05) is 19.0 Å². The van der Waals surface area contributed by atoms with Crippen molar-refractivity contribution in [1.29, 1.82) is 0 Å². The molecule has 6 nitrogen and oxygen atoms in total. The average Bonchev–Trinajstić information content (AvgIpc) is 2.97. The van der Waals surface area contributed by atoms with E-state index in [1.165, 1.54) is 24.8 Å². The second-order valence-electron chi connectivity index (χ2n) is 7.78. The van der Waals surface area contributed by atoms with E-state index >= 15 is 0 Å². The molecular weight excluding hydrogens is 382 g/mol. The van der Waals surface area contributed by atoms with Crippen LogP contribution in [0.15, 0.2) is 54.3 Å². The third-order valence-corrected chi connectivity index (χ3v) is 5.41. The lowest BCUT2D eigenvalue weighted by atomic mass is 9.82. The van der Waals surface area contributed by atoms with E-state index < -0.39 is 5.78 Å². The lowest BCUT2D eigenvalue weighted by Gasteiger charge is -2.23. The summed E-state index contributed by atoms with van der Waals surface area (Å²) < 4.78 is 10.4. The predicted molar refractivity (Wildman–Crippen MR) is 114 cm³/mol. The zero-order valence-electron chi connectivity index (χ0n) is 17.6. The van der Waals surface area contributed by atoms with Crippen LogP contribution in [0, 0.1) is 0 Å². The van der Waals surface area contributed by atoms with E-state index in [2.05, 4.69) is 26.1 Å². The van der Waals surface area contributed by atoms with Crippen LogP contribution in [0.4, 0.5) is 5.69 Å². The van der Waals surface area contributed by atoms with Crippen molar-refractivity contribution in [1.82, 2.24) is 0 Å². The molecule has 0 bridgehead atoms. The maximum Gasteiger partial charge on any atom is 0.262 e. The normalized spacial score (nSPS) is 14.6. The fourth-order valence-electron chi connectivity index (χ4n) is 3.18. The number of nitrogens with one attached hydrogen (secondary N) is 1. The maximum absolute atomic E-state index is 12.4. The number of rotatable bonds is 7. The minimum Gasteiger partial charge on any atom is -0.503 e.